The molecule has 0 amide bonds. The van der Waals surface area contributed by atoms with Crippen molar-refractivity contribution in [3.05, 3.63) is 28.5 Å². The maximum Gasteiger partial charge on any atom is 0.141 e. The van der Waals surface area contributed by atoms with Crippen LogP contribution in [0.2, 0.25) is 0 Å². The normalized spacial score (nSPS) is 24.1. The molecule has 20 heavy (non-hydrogen) atoms. The van der Waals surface area contributed by atoms with E-state index >= 15 is 0 Å². The molecule has 1 N–H and O–H groups in total. The molecule has 1 aliphatic carbocycles. The lowest BCUT2D eigenvalue weighted by Gasteiger charge is -2.38. The second-order valence-electron chi connectivity index (χ2n) is 5.89. The summed E-state index contributed by atoms with van der Waals surface area (Å²) in [6.45, 7) is 5.77. The van der Waals surface area contributed by atoms with Gasteiger partial charge in [-0.15, -0.1) is 4.72 Å². The third-order valence-corrected chi connectivity index (χ3v) is 5.62. The lowest BCUT2D eigenvalue weighted by molar-refractivity contribution is 0.0832. The smallest absolute Gasteiger partial charge is 0.141 e. The van der Waals surface area contributed by atoms with Crippen molar-refractivity contribution in [2.45, 2.75) is 50.5 Å². The molecule has 0 spiro atoms. The van der Waals surface area contributed by atoms with Gasteiger partial charge in [-0.1, -0.05) is 6.07 Å². The Hall–Kier alpha value is -0.300. The number of rotatable bonds is 4. The highest BCUT2D eigenvalue weighted by Crippen LogP contribution is 2.33. The molecule has 6 heteroatoms. The first kappa shape index (κ1) is 16.1. The topological polar surface area (TPSA) is 44.3 Å². The fourth-order valence-corrected chi connectivity index (χ4v) is 3.05. The minimum atomic E-state index is -1.12. The Balaban J connectivity index is 1.96. The first-order valence-electron chi connectivity index (χ1n) is 6.58. The van der Waals surface area contributed by atoms with Gasteiger partial charge in [0.1, 0.15) is 22.4 Å². The van der Waals surface area contributed by atoms with Crippen molar-refractivity contribution in [3.63, 3.8) is 0 Å². The maximum absolute atomic E-state index is 13.4. The minimum absolute atomic E-state index is 0.0465. The Morgan fingerprint density at radius 2 is 2.10 bits per heavy atom. The van der Waals surface area contributed by atoms with Gasteiger partial charge in [-0.3, -0.25) is 0 Å². The van der Waals surface area contributed by atoms with Gasteiger partial charge in [0, 0.05) is 11.4 Å². The van der Waals surface area contributed by atoms with E-state index < -0.39 is 11.4 Å². The molecule has 112 valence electrons. The SMILES string of the molecule is CC(C)(C)[S+]([O-])N[C@@H]1CC[C@H]1Oc1cccc(F)c1Br. The second kappa shape index (κ2) is 6.22. The van der Waals surface area contributed by atoms with E-state index in [1.807, 2.05) is 20.8 Å². The third-order valence-electron chi connectivity index (χ3n) is 3.22. The quantitative estimate of drug-likeness (QED) is 0.831. The van der Waals surface area contributed by atoms with Gasteiger partial charge in [0.25, 0.3) is 0 Å². The molecule has 1 aromatic rings. The van der Waals surface area contributed by atoms with E-state index in [2.05, 4.69) is 20.7 Å². The fraction of sp³-hybridized carbons (Fsp3) is 0.571. The largest absolute Gasteiger partial charge is 0.598 e. The fourth-order valence-electron chi connectivity index (χ4n) is 1.80. The van der Waals surface area contributed by atoms with Crippen molar-refractivity contribution in [1.82, 2.24) is 4.72 Å². The number of hydrogen-bond donors (Lipinski definition) is 1. The Bertz CT molecular complexity index is 481. The summed E-state index contributed by atoms with van der Waals surface area (Å²) in [5.74, 6) is 0.146. The molecule has 1 unspecified atom stereocenters. The maximum atomic E-state index is 13.4. The van der Waals surface area contributed by atoms with Crippen LogP contribution in [0.1, 0.15) is 33.6 Å². The Kier molecular flexibility index (Phi) is 5.00. The number of benzene rings is 1. The van der Waals surface area contributed by atoms with Crippen LogP contribution in [-0.4, -0.2) is 21.4 Å². The minimum Gasteiger partial charge on any atom is -0.598 e. The highest BCUT2D eigenvalue weighted by Gasteiger charge is 2.39. The number of ether oxygens (including phenoxy) is 1. The number of hydrogen-bond acceptors (Lipinski definition) is 3. The van der Waals surface area contributed by atoms with Crippen LogP contribution in [0.25, 0.3) is 0 Å². The van der Waals surface area contributed by atoms with Gasteiger partial charge in [-0.2, -0.15) is 0 Å². The van der Waals surface area contributed by atoms with Gasteiger partial charge >= 0.3 is 0 Å². The zero-order valence-corrected chi connectivity index (χ0v) is 14.2. The van der Waals surface area contributed by atoms with Crippen LogP contribution >= 0.6 is 15.9 Å². The summed E-state index contributed by atoms with van der Waals surface area (Å²) in [6.07, 6.45) is 1.72. The van der Waals surface area contributed by atoms with Crippen molar-refractivity contribution >= 4 is 27.3 Å². The molecule has 0 aromatic heterocycles. The van der Waals surface area contributed by atoms with Crippen molar-refractivity contribution in [2.24, 2.45) is 0 Å². The van der Waals surface area contributed by atoms with Crippen LogP contribution in [0, 0.1) is 5.82 Å². The van der Waals surface area contributed by atoms with Crippen LogP contribution in [0.15, 0.2) is 22.7 Å². The monoisotopic (exact) mass is 363 g/mol. The van der Waals surface area contributed by atoms with E-state index in [0.717, 1.165) is 12.8 Å². The molecule has 3 atom stereocenters. The Morgan fingerprint density at radius 3 is 2.65 bits per heavy atom. The van der Waals surface area contributed by atoms with E-state index in [4.69, 9.17) is 4.74 Å². The van der Waals surface area contributed by atoms with Crippen LogP contribution in [-0.2, 0) is 11.4 Å². The first-order chi connectivity index (χ1) is 9.29. The van der Waals surface area contributed by atoms with Gasteiger partial charge in [-0.05, 0) is 61.7 Å². The molecule has 0 bridgehead atoms. The molecule has 1 saturated carbocycles. The lowest BCUT2D eigenvalue weighted by atomic mass is 9.90. The van der Waals surface area contributed by atoms with Gasteiger partial charge in [0.05, 0.1) is 10.5 Å². The van der Waals surface area contributed by atoms with E-state index in [0.29, 0.717) is 10.2 Å². The predicted octanol–water partition coefficient (Wildman–Crippen LogP) is 3.55. The number of halogens is 2. The summed E-state index contributed by atoms with van der Waals surface area (Å²) < 4.78 is 34.4. The zero-order chi connectivity index (χ0) is 14.9. The molecule has 0 radical (unpaired) electrons. The highest BCUT2D eigenvalue weighted by molar-refractivity contribution is 9.10. The summed E-state index contributed by atoms with van der Waals surface area (Å²) in [6, 6.07) is 4.76. The molecule has 0 saturated heterocycles. The molecule has 3 nitrogen and oxygen atoms in total. The lowest BCUT2D eigenvalue weighted by Crippen LogP contribution is -2.56. The third kappa shape index (κ3) is 3.67. The Morgan fingerprint density at radius 1 is 1.40 bits per heavy atom. The van der Waals surface area contributed by atoms with Crippen LogP contribution in [0.3, 0.4) is 0 Å². The summed E-state index contributed by atoms with van der Waals surface area (Å²) in [7, 11) is 0. The summed E-state index contributed by atoms with van der Waals surface area (Å²) >= 11 is 2.06. The van der Waals surface area contributed by atoms with E-state index in [9.17, 15) is 8.94 Å². The summed E-state index contributed by atoms with van der Waals surface area (Å²) in [5, 5.41) is 0. The van der Waals surface area contributed by atoms with E-state index in [-0.39, 0.29) is 22.7 Å². The second-order valence-corrected chi connectivity index (χ2v) is 8.68. The molecular weight excluding hydrogens is 345 g/mol. The van der Waals surface area contributed by atoms with Crippen molar-refractivity contribution < 1.29 is 13.7 Å². The van der Waals surface area contributed by atoms with Gasteiger partial charge in [0.2, 0.25) is 0 Å². The zero-order valence-electron chi connectivity index (χ0n) is 11.8. The first-order valence-corrected chi connectivity index (χ1v) is 8.52. The van der Waals surface area contributed by atoms with E-state index in [1.54, 1.807) is 12.1 Å². The summed E-state index contributed by atoms with van der Waals surface area (Å²) in [4.78, 5) is 0. The van der Waals surface area contributed by atoms with Crippen LogP contribution < -0.4 is 9.46 Å². The molecule has 1 aromatic carbocycles. The molecular formula is C14H19BrFNO2S. The van der Waals surface area contributed by atoms with Crippen molar-refractivity contribution in [3.8, 4) is 5.75 Å². The van der Waals surface area contributed by atoms with E-state index in [1.165, 1.54) is 6.07 Å². The van der Waals surface area contributed by atoms with Crippen LogP contribution in [0.5, 0.6) is 5.75 Å². The van der Waals surface area contributed by atoms with Crippen molar-refractivity contribution in [1.29, 1.82) is 0 Å². The Labute approximate surface area is 130 Å². The average Bonchev–Trinajstić information content (AvgIpc) is 2.34. The summed E-state index contributed by atoms with van der Waals surface area (Å²) in [5.41, 5.74) is 0. The predicted molar refractivity (Wildman–Crippen MR) is 82.6 cm³/mol. The molecule has 1 aliphatic rings. The number of nitrogens with one attached hydrogen (secondary N) is 1. The van der Waals surface area contributed by atoms with Gasteiger partial charge in [-0.25, -0.2) is 4.39 Å². The highest BCUT2D eigenvalue weighted by atomic mass is 79.9. The van der Waals surface area contributed by atoms with Gasteiger partial charge < -0.3 is 9.29 Å². The molecule has 2 rings (SSSR count). The average molecular weight is 364 g/mol. The van der Waals surface area contributed by atoms with Crippen molar-refractivity contribution in [2.75, 3.05) is 0 Å². The standard InChI is InChI=1S/C14H19BrFNO2S/c1-14(2,3)20(18)17-10-7-8-11(10)19-12-6-4-5-9(16)13(12)15/h4-6,10-11,17H,7-8H2,1-3H3/t10-,11-,20?/m1/s1. The van der Waals surface area contributed by atoms with Gasteiger partial charge in [0.15, 0.2) is 0 Å². The molecule has 0 aliphatic heterocycles. The molecule has 1 fully saturated rings. The molecule has 0 heterocycles. The van der Waals surface area contributed by atoms with Crippen LogP contribution in [0.4, 0.5) is 4.39 Å².